The molecule has 0 aromatic heterocycles. The standard InChI is InChI=1S/C24H31N/c1-8-9-11-18(4)19(5)20(6)25-24(7)15-14-23-21(16-24)12-10-13-22(23)17(2)3/h9-14,16,25H,2,6,8,15H2,1,3-5,7H3/b11-9-,19-18+. The Morgan fingerprint density at radius 1 is 1.24 bits per heavy atom. The zero-order chi connectivity index (χ0) is 18.6. The van der Waals surface area contributed by atoms with Gasteiger partial charge in [-0.05, 0) is 67.7 Å². The van der Waals surface area contributed by atoms with E-state index in [-0.39, 0.29) is 5.54 Å². The van der Waals surface area contributed by atoms with E-state index in [1.165, 1.54) is 27.1 Å². The largest absolute Gasteiger partial charge is 0.376 e. The zero-order valence-corrected chi connectivity index (χ0v) is 16.4. The van der Waals surface area contributed by atoms with E-state index in [2.05, 4.69) is 95.6 Å². The van der Waals surface area contributed by atoms with E-state index < -0.39 is 0 Å². The van der Waals surface area contributed by atoms with Crippen LogP contribution in [0.3, 0.4) is 0 Å². The molecule has 1 aromatic carbocycles. The normalized spacial score (nSPS) is 20.2. The summed E-state index contributed by atoms with van der Waals surface area (Å²) >= 11 is 0. The van der Waals surface area contributed by atoms with Crippen molar-refractivity contribution in [3.63, 3.8) is 0 Å². The second kappa shape index (κ2) is 7.74. The lowest BCUT2D eigenvalue weighted by Crippen LogP contribution is -2.46. The summed E-state index contributed by atoms with van der Waals surface area (Å²) in [7, 11) is 0. The molecule has 0 saturated carbocycles. The summed E-state index contributed by atoms with van der Waals surface area (Å²) in [6.45, 7) is 19.1. The van der Waals surface area contributed by atoms with E-state index in [4.69, 9.17) is 0 Å². The van der Waals surface area contributed by atoms with Crippen LogP contribution in [0, 0.1) is 0 Å². The van der Waals surface area contributed by atoms with Crippen molar-refractivity contribution < 1.29 is 0 Å². The quantitative estimate of drug-likeness (QED) is 0.734. The molecule has 1 nitrogen and oxygen atoms in total. The van der Waals surface area contributed by atoms with E-state index in [1.807, 2.05) is 0 Å². The molecule has 0 amide bonds. The van der Waals surface area contributed by atoms with Crippen molar-refractivity contribution in [2.75, 3.05) is 0 Å². The highest BCUT2D eigenvalue weighted by Crippen LogP contribution is 2.21. The van der Waals surface area contributed by atoms with Crippen LogP contribution in [-0.2, 0) is 0 Å². The van der Waals surface area contributed by atoms with Gasteiger partial charge in [0.15, 0.2) is 0 Å². The van der Waals surface area contributed by atoms with Crippen LogP contribution in [0.2, 0.25) is 0 Å². The fourth-order valence-electron chi connectivity index (χ4n) is 3.21. The fourth-order valence-corrected chi connectivity index (χ4v) is 3.21. The summed E-state index contributed by atoms with van der Waals surface area (Å²) in [5.41, 5.74) is 5.68. The van der Waals surface area contributed by atoms with Gasteiger partial charge in [-0.15, -0.1) is 0 Å². The van der Waals surface area contributed by atoms with Crippen LogP contribution >= 0.6 is 0 Å². The Morgan fingerprint density at radius 3 is 2.60 bits per heavy atom. The molecule has 0 saturated heterocycles. The van der Waals surface area contributed by atoms with Crippen molar-refractivity contribution in [1.29, 1.82) is 0 Å². The maximum Gasteiger partial charge on any atom is 0.0571 e. The molecular weight excluding hydrogens is 302 g/mol. The van der Waals surface area contributed by atoms with Crippen LogP contribution < -0.4 is 15.8 Å². The number of nitrogens with one attached hydrogen (secondary N) is 1. The fraction of sp³-hybridized carbons (Fsp3) is 0.333. The van der Waals surface area contributed by atoms with Crippen LogP contribution in [0.1, 0.15) is 53.0 Å². The van der Waals surface area contributed by atoms with Gasteiger partial charge in [-0.2, -0.15) is 0 Å². The van der Waals surface area contributed by atoms with Gasteiger partial charge in [-0.3, -0.25) is 0 Å². The van der Waals surface area contributed by atoms with Crippen molar-refractivity contribution in [2.45, 2.75) is 53.0 Å². The Morgan fingerprint density at radius 2 is 1.96 bits per heavy atom. The predicted octanol–water partition coefficient (Wildman–Crippen LogP) is 4.85. The van der Waals surface area contributed by atoms with E-state index >= 15 is 0 Å². The maximum atomic E-state index is 4.27. The van der Waals surface area contributed by atoms with Gasteiger partial charge < -0.3 is 5.32 Å². The Bertz CT molecular complexity index is 864. The van der Waals surface area contributed by atoms with Gasteiger partial charge >= 0.3 is 0 Å². The highest BCUT2D eigenvalue weighted by Gasteiger charge is 2.23. The van der Waals surface area contributed by atoms with Gasteiger partial charge in [0.25, 0.3) is 0 Å². The number of fused-ring (bicyclic) bond motifs is 1. The first-order chi connectivity index (χ1) is 11.8. The Hall–Kier alpha value is -2.28. The molecule has 0 aliphatic heterocycles. The number of hydrogen-bond donors (Lipinski definition) is 1. The topological polar surface area (TPSA) is 12.0 Å². The summed E-state index contributed by atoms with van der Waals surface area (Å²) < 4.78 is 0. The molecule has 2 rings (SSSR count). The Balaban J connectivity index is 2.33. The zero-order valence-electron chi connectivity index (χ0n) is 16.4. The number of benzene rings is 1. The molecule has 0 heterocycles. The minimum absolute atomic E-state index is 0.131. The first-order valence-corrected chi connectivity index (χ1v) is 9.07. The Kier molecular flexibility index (Phi) is 5.89. The average Bonchev–Trinajstić information content (AvgIpc) is 2.57. The van der Waals surface area contributed by atoms with E-state index in [1.54, 1.807) is 0 Å². The molecule has 1 aliphatic rings. The third-order valence-corrected chi connectivity index (χ3v) is 4.89. The molecule has 1 heteroatoms. The lowest BCUT2D eigenvalue weighted by molar-refractivity contribution is 0.528. The third-order valence-electron chi connectivity index (χ3n) is 4.89. The van der Waals surface area contributed by atoms with Crippen LogP contribution in [0.25, 0.3) is 17.7 Å². The van der Waals surface area contributed by atoms with Crippen LogP contribution in [-0.4, -0.2) is 5.54 Å². The minimum atomic E-state index is -0.131. The molecule has 1 atom stereocenters. The molecule has 0 radical (unpaired) electrons. The average molecular weight is 334 g/mol. The number of rotatable bonds is 6. The van der Waals surface area contributed by atoms with Crippen molar-refractivity contribution in [3.05, 3.63) is 76.4 Å². The van der Waals surface area contributed by atoms with E-state index in [0.29, 0.717) is 0 Å². The highest BCUT2D eigenvalue weighted by molar-refractivity contribution is 5.65. The molecule has 1 N–H and O–H groups in total. The predicted molar refractivity (Wildman–Crippen MR) is 112 cm³/mol. The molecular formula is C24H31N. The lowest BCUT2D eigenvalue weighted by Gasteiger charge is -2.31. The van der Waals surface area contributed by atoms with Gasteiger partial charge in [0.05, 0.1) is 5.54 Å². The molecule has 1 aliphatic carbocycles. The lowest BCUT2D eigenvalue weighted by atomic mass is 9.88. The van der Waals surface area contributed by atoms with Crippen LogP contribution in [0.5, 0.6) is 0 Å². The van der Waals surface area contributed by atoms with Gasteiger partial charge in [-0.1, -0.05) is 68.2 Å². The first kappa shape index (κ1) is 19.1. The number of hydrogen-bond acceptors (Lipinski definition) is 1. The van der Waals surface area contributed by atoms with Gasteiger partial charge in [0.2, 0.25) is 0 Å². The van der Waals surface area contributed by atoms with Crippen LogP contribution in [0.15, 0.2) is 60.4 Å². The third kappa shape index (κ3) is 4.42. The summed E-state index contributed by atoms with van der Waals surface area (Å²) in [6, 6.07) is 6.44. The molecule has 1 aromatic rings. The van der Waals surface area contributed by atoms with Crippen LogP contribution in [0.4, 0.5) is 0 Å². The molecule has 0 spiro atoms. The summed E-state index contributed by atoms with van der Waals surface area (Å²) in [5.74, 6) is 0. The van der Waals surface area contributed by atoms with Crippen molar-refractivity contribution in [2.24, 2.45) is 0 Å². The summed E-state index contributed by atoms with van der Waals surface area (Å²) in [5, 5.41) is 6.21. The Labute approximate surface area is 152 Å². The van der Waals surface area contributed by atoms with Gasteiger partial charge in [0, 0.05) is 5.70 Å². The second-order valence-corrected chi connectivity index (χ2v) is 7.28. The molecule has 0 bridgehead atoms. The minimum Gasteiger partial charge on any atom is -0.376 e. The molecule has 1 unspecified atom stereocenters. The SMILES string of the molecule is C=C(NC1(C)C=c2cccc(C(=C)C)c2=CC1)/C(C)=C(C)/C=C\CC. The molecule has 25 heavy (non-hydrogen) atoms. The maximum absolute atomic E-state index is 4.27. The monoisotopic (exact) mass is 333 g/mol. The van der Waals surface area contributed by atoms with Crippen molar-refractivity contribution >= 4 is 17.7 Å². The van der Waals surface area contributed by atoms with E-state index in [0.717, 1.165) is 24.1 Å². The van der Waals surface area contributed by atoms with E-state index in [9.17, 15) is 0 Å². The highest BCUT2D eigenvalue weighted by atomic mass is 15.0. The van der Waals surface area contributed by atoms with Crippen molar-refractivity contribution in [3.8, 4) is 0 Å². The second-order valence-electron chi connectivity index (χ2n) is 7.28. The summed E-state index contributed by atoms with van der Waals surface area (Å²) in [6.07, 6.45) is 11.0. The van der Waals surface area contributed by atoms with Gasteiger partial charge in [-0.25, -0.2) is 0 Å². The first-order valence-electron chi connectivity index (χ1n) is 9.07. The number of allylic oxidation sites excluding steroid dienone is 5. The summed E-state index contributed by atoms with van der Waals surface area (Å²) in [4.78, 5) is 0. The van der Waals surface area contributed by atoms with Crippen molar-refractivity contribution in [1.82, 2.24) is 5.32 Å². The smallest absolute Gasteiger partial charge is 0.0571 e. The molecule has 132 valence electrons. The molecule has 0 fully saturated rings. The van der Waals surface area contributed by atoms with Gasteiger partial charge in [0.1, 0.15) is 0 Å².